The van der Waals surface area contributed by atoms with E-state index in [-0.39, 0.29) is 6.61 Å². The van der Waals surface area contributed by atoms with Gasteiger partial charge in [0.2, 0.25) is 0 Å². The maximum absolute atomic E-state index is 9.92. The molecule has 1 aliphatic rings. The Labute approximate surface area is 125 Å². The number of hydrogen-bond acceptors (Lipinski definition) is 6. The van der Waals surface area contributed by atoms with Gasteiger partial charge in [0, 0.05) is 32.7 Å². The Morgan fingerprint density at radius 3 is 2.57 bits per heavy atom. The van der Waals surface area contributed by atoms with Crippen molar-refractivity contribution in [2.45, 2.75) is 6.10 Å². The highest BCUT2D eigenvalue weighted by Crippen LogP contribution is 2.11. The second-order valence-electron chi connectivity index (χ2n) is 5.25. The summed E-state index contributed by atoms with van der Waals surface area (Å²) < 4.78 is 5.50. The highest BCUT2D eigenvalue weighted by Gasteiger charge is 2.14. The topological polar surface area (TPSA) is 71.8 Å². The highest BCUT2D eigenvalue weighted by molar-refractivity contribution is 5.34. The summed E-state index contributed by atoms with van der Waals surface area (Å²) in [5.74, 6) is 0.660. The van der Waals surface area contributed by atoms with Gasteiger partial charge in [0.05, 0.1) is 11.6 Å². The van der Waals surface area contributed by atoms with Crippen molar-refractivity contribution in [1.29, 1.82) is 5.26 Å². The molecule has 114 valence electrons. The Kier molecular flexibility index (Phi) is 5.96. The molecular weight excluding hydrogens is 268 g/mol. The second-order valence-corrected chi connectivity index (χ2v) is 5.25. The van der Waals surface area contributed by atoms with Crippen LogP contribution in [0.4, 0.5) is 0 Å². The molecule has 0 aliphatic carbocycles. The van der Waals surface area contributed by atoms with Crippen LogP contribution in [0.1, 0.15) is 5.56 Å². The fraction of sp³-hybridized carbons (Fsp3) is 0.533. The molecule has 6 nitrogen and oxygen atoms in total. The van der Waals surface area contributed by atoms with Crippen molar-refractivity contribution < 1.29 is 9.84 Å². The second kappa shape index (κ2) is 7.96. The minimum atomic E-state index is -0.569. The van der Waals surface area contributed by atoms with Gasteiger partial charge < -0.3 is 14.7 Å². The van der Waals surface area contributed by atoms with Crippen molar-refractivity contribution in [3.63, 3.8) is 0 Å². The van der Waals surface area contributed by atoms with Crippen molar-refractivity contribution in [3.8, 4) is 11.8 Å². The number of hydrazine groups is 1. The van der Waals surface area contributed by atoms with Crippen LogP contribution in [0, 0.1) is 11.3 Å². The molecule has 2 N–H and O–H groups in total. The maximum Gasteiger partial charge on any atom is 0.119 e. The maximum atomic E-state index is 9.92. The summed E-state index contributed by atoms with van der Waals surface area (Å²) in [6, 6.07) is 8.92. The van der Waals surface area contributed by atoms with E-state index in [1.807, 2.05) is 0 Å². The molecule has 1 aliphatic heterocycles. The summed E-state index contributed by atoms with van der Waals surface area (Å²) in [5.41, 5.74) is 3.83. The molecule has 1 atom stereocenters. The largest absolute Gasteiger partial charge is 0.491 e. The Morgan fingerprint density at radius 1 is 1.29 bits per heavy atom. The average molecular weight is 290 g/mol. The van der Waals surface area contributed by atoms with Crippen LogP contribution in [-0.2, 0) is 0 Å². The first-order chi connectivity index (χ1) is 10.2. The van der Waals surface area contributed by atoms with Crippen molar-refractivity contribution in [2.24, 2.45) is 0 Å². The summed E-state index contributed by atoms with van der Waals surface area (Å²) in [6.45, 7) is 4.68. The van der Waals surface area contributed by atoms with E-state index in [0.717, 1.165) is 26.2 Å². The van der Waals surface area contributed by atoms with Crippen LogP contribution in [0.5, 0.6) is 5.75 Å². The van der Waals surface area contributed by atoms with Gasteiger partial charge in [-0.1, -0.05) is 0 Å². The number of hydrogen-bond donors (Lipinski definition) is 2. The van der Waals surface area contributed by atoms with Gasteiger partial charge in [-0.2, -0.15) is 5.26 Å². The van der Waals surface area contributed by atoms with Crippen LogP contribution in [0.25, 0.3) is 0 Å². The lowest BCUT2D eigenvalue weighted by Crippen LogP contribution is -2.52. The lowest BCUT2D eigenvalue weighted by atomic mass is 10.2. The molecule has 1 aromatic carbocycles. The number of ether oxygens (including phenoxy) is 1. The summed E-state index contributed by atoms with van der Waals surface area (Å²) in [6.07, 6.45) is -0.569. The molecule has 0 bridgehead atoms. The first-order valence-corrected chi connectivity index (χ1v) is 7.15. The van der Waals surface area contributed by atoms with Crippen LogP contribution in [0.15, 0.2) is 24.3 Å². The normalized spacial score (nSPS) is 18.1. The van der Waals surface area contributed by atoms with Crippen molar-refractivity contribution in [2.75, 3.05) is 46.4 Å². The predicted molar refractivity (Wildman–Crippen MR) is 79.7 cm³/mol. The summed E-state index contributed by atoms with van der Waals surface area (Å²) in [5, 5.41) is 20.8. The number of piperazine rings is 1. The van der Waals surface area contributed by atoms with Gasteiger partial charge in [0.25, 0.3) is 0 Å². The van der Waals surface area contributed by atoms with E-state index in [1.165, 1.54) is 0 Å². The number of aliphatic hydroxyl groups is 1. The summed E-state index contributed by atoms with van der Waals surface area (Å²) in [7, 11) is 2.11. The molecule has 1 saturated heterocycles. The van der Waals surface area contributed by atoms with Gasteiger partial charge in [0.15, 0.2) is 0 Å². The molecule has 2 rings (SSSR count). The third-order valence-electron chi connectivity index (χ3n) is 3.48. The molecule has 1 aromatic rings. The molecular formula is C15H22N4O2. The monoisotopic (exact) mass is 290 g/mol. The standard InChI is InChI=1S/C15H22N4O2/c1-18-6-8-19(9-7-18)17-11-14(20)12-21-15-4-2-13(10-16)3-5-15/h2-5,14,17,20H,6-9,11-12H2,1H3. The molecule has 0 amide bonds. The first-order valence-electron chi connectivity index (χ1n) is 7.15. The molecule has 1 heterocycles. The van der Waals surface area contributed by atoms with Crippen LogP contribution in [0.3, 0.4) is 0 Å². The Morgan fingerprint density at radius 2 is 1.95 bits per heavy atom. The number of benzene rings is 1. The number of nitrogens with zero attached hydrogens (tertiary/aromatic N) is 3. The molecule has 0 aromatic heterocycles. The number of nitrogens with one attached hydrogen (secondary N) is 1. The highest BCUT2D eigenvalue weighted by atomic mass is 16.5. The van der Waals surface area contributed by atoms with E-state index in [9.17, 15) is 5.11 Å². The van der Waals surface area contributed by atoms with Crippen LogP contribution in [0.2, 0.25) is 0 Å². The zero-order valence-electron chi connectivity index (χ0n) is 12.3. The summed E-state index contributed by atoms with van der Waals surface area (Å²) in [4.78, 5) is 2.28. The number of rotatable bonds is 6. The molecule has 6 heteroatoms. The molecule has 1 fully saturated rings. The van der Waals surface area contributed by atoms with E-state index in [1.54, 1.807) is 24.3 Å². The first kappa shape index (κ1) is 15.7. The molecule has 0 radical (unpaired) electrons. The van der Waals surface area contributed by atoms with Gasteiger partial charge >= 0.3 is 0 Å². The smallest absolute Gasteiger partial charge is 0.119 e. The van der Waals surface area contributed by atoms with Gasteiger partial charge in [-0.25, -0.2) is 5.01 Å². The van der Waals surface area contributed by atoms with Crippen molar-refractivity contribution in [3.05, 3.63) is 29.8 Å². The number of aliphatic hydroxyl groups excluding tert-OH is 1. The van der Waals surface area contributed by atoms with Gasteiger partial charge in [0.1, 0.15) is 18.5 Å². The zero-order valence-corrected chi connectivity index (χ0v) is 12.3. The summed E-state index contributed by atoms with van der Waals surface area (Å²) >= 11 is 0. The third kappa shape index (κ3) is 5.33. The molecule has 1 unspecified atom stereocenters. The van der Waals surface area contributed by atoms with Crippen molar-refractivity contribution in [1.82, 2.24) is 15.3 Å². The van der Waals surface area contributed by atoms with Crippen LogP contribution >= 0.6 is 0 Å². The molecule has 0 spiro atoms. The minimum absolute atomic E-state index is 0.229. The quantitative estimate of drug-likeness (QED) is 0.771. The third-order valence-corrected chi connectivity index (χ3v) is 3.48. The SMILES string of the molecule is CN1CCN(NCC(O)COc2ccc(C#N)cc2)CC1. The minimum Gasteiger partial charge on any atom is -0.491 e. The fourth-order valence-corrected chi connectivity index (χ4v) is 2.08. The van der Waals surface area contributed by atoms with E-state index >= 15 is 0 Å². The Balaban J connectivity index is 1.65. The molecule has 0 saturated carbocycles. The number of nitriles is 1. The Bertz CT molecular complexity index is 464. The van der Waals surface area contributed by atoms with E-state index in [2.05, 4.69) is 28.5 Å². The van der Waals surface area contributed by atoms with Gasteiger partial charge in [-0.05, 0) is 31.3 Å². The lowest BCUT2D eigenvalue weighted by molar-refractivity contribution is 0.0548. The van der Waals surface area contributed by atoms with E-state index < -0.39 is 6.10 Å². The van der Waals surface area contributed by atoms with Crippen LogP contribution in [-0.4, -0.2) is 67.5 Å². The number of likely N-dealkylation sites (N-methyl/N-ethyl adjacent to an activating group) is 1. The van der Waals surface area contributed by atoms with Crippen molar-refractivity contribution >= 4 is 0 Å². The van der Waals surface area contributed by atoms with Crippen LogP contribution < -0.4 is 10.2 Å². The van der Waals surface area contributed by atoms with E-state index in [0.29, 0.717) is 17.9 Å². The lowest BCUT2D eigenvalue weighted by Gasteiger charge is -2.33. The Hall–Kier alpha value is -1.65. The van der Waals surface area contributed by atoms with Gasteiger partial charge in [-0.3, -0.25) is 5.43 Å². The zero-order chi connectivity index (χ0) is 15.1. The van der Waals surface area contributed by atoms with Gasteiger partial charge in [-0.15, -0.1) is 0 Å². The van der Waals surface area contributed by atoms with E-state index in [4.69, 9.17) is 10.00 Å². The average Bonchev–Trinajstić information content (AvgIpc) is 2.53. The molecule has 21 heavy (non-hydrogen) atoms. The predicted octanol–water partition coefficient (Wildman–Crippen LogP) is 0.0500. The fourth-order valence-electron chi connectivity index (χ4n) is 2.08.